The standard InChI is InChI=1S/C22H25N5O2/c28-22(24-21-10-12-27(25-21)16-18-6-2-1-3-7-18)26(17-20-9-5-13-29-20)15-19-8-4-11-23-14-19/h1-4,6-8,10-12,14,20H,5,9,13,15-17H2,(H,24,25,28)/t20-/m1/s1. The number of rotatable bonds is 7. The molecule has 4 rings (SSSR count). The highest BCUT2D eigenvalue weighted by atomic mass is 16.5. The van der Waals surface area contributed by atoms with E-state index in [1.165, 1.54) is 0 Å². The number of amides is 2. The summed E-state index contributed by atoms with van der Waals surface area (Å²) in [5, 5.41) is 7.40. The maximum absolute atomic E-state index is 13.0. The summed E-state index contributed by atoms with van der Waals surface area (Å²) >= 11 is 0. The highest BCUT2D eigenvalue weighted by molar-refractivity contribution is 5.88. The first-order chi connectivity index (χ1) is 14.3. The Morgan fingerprint density at radius 1 is 1.17 bits per heavy atom. The van der Waals surface area contributed by atoms with Crippen molar-refractivity contribution in [2.75, 3.05) is 18.5 Å². The van der Waals surface area contributed by atoms with E-state index in [-0.39, 0.29) is 12.1 Å². The lowest BCUT2D eigenvalue weighted by atomic mass is 10.2. The maximum atomic E-state index is 13.0. The van der Waals surface area contributed by atoms with Crippen LogP contribution in [0.2, 0.25) is 0 Å². The van der Waals surface area contributed by atoms with Gasteiger partial charge in [0.1, 0.15) is 0 Å². The minimum atomic E-state index is -0.186. The molecular formula is C22H25N5O2. The van der Waals surface area contributed by atoms with Crippen LogP contribution < -0.4 is 5.32 Å². The van der Waals surface area contributed by atoms with Gasteiger partial charge in [-0.3, -0.25) is 15.0 Å². The molecule has 3 heterocycles. The molecule has 0 spiro atoms. The second-order valence-corrected chi connectivity index (χ2v) is 7.19. The first-order valence-electron chi connectivity index (χ1n) is 9.90. The van der Waals surface area contributed by atoms with Crippen LogP contribution in [0.4, 0.5) is 10.6 Å². The van der Waals surface area contributed by atoms with Gasteiger partial charge in [0, 0.05) is 44.4 Å². The summed E-state index contributed by atoms with van der Waals surface area (Å²) in [4.78, 5) is 18.9. The molecule has 1 atom stereocenters. The Hall–Kier alpha value is -3.19. The Labute approximate surface area is 170 Å². The van der Waals surface area contributed by atoms with Gasteiger partial charge in [0.15, 0.2) is 5.82 Å². The molecule has 0 radical (unpaired) electrons. The van der Waals surface area contributed by atoms with E-state index in [0.717, 1.165) is 30.6 Å². The molecule has 2 aromatic heterocycles. The zero-order valence-electron chi connectivity index (χ0n) is 16.3. The lowest BCUT2D eigenvalue weighted by Gasteiger charge is -2.25. The van der Waals surface area contributed by atoms with Crippen LogP contribution in [0.15, 0.2) is 67.1 Å². The zero-order chi connectivity index (χ0) is 19.9. The fourth-order valence-electron chi connectivity index (χ4n) is 3.44. The van der Waals surface area contributed by atoms with Crippen LogP contribution in [0.5, 0.6) is 0 Å². The number of ether oxygens (including phenoxy) is 1. The minimum absolute atomic E-state index is 0.0769. The molecule has 1 aromatic carbocycles. The van der Waals surface area contributed by atoms with Gasteiger partial charge in [-0.1, -0.05) is 36.4 Å². The molecule has 1 aliphatic heterocycles. The highest BCUT2D eigenvalue weighted by Gasteiger charge is 2.23. The number of urea groups is 1. The number of hydrogen-bond acceptors (Lipinski definition) is 4. The molecule has 7 heteroatoms. The fourth-order valence-corrected chi connectivity index (χ4v) is 3.44. The van der Waals surface area contributed by atoms with Crippen LogP contribution in [-0.2, 0) is 17.8 Å². The van der Waals surface area contributed by atoms with Crippen molar-refractivity contribution in [3.8, 4) is 0 Å². The van der Waals surface area contributed by atoms with Crippen molar-refractivity contribution in [2.45, 2.75) is 32.0 Å². The number of aromatic nitrogens is 3. The van der Waals surface area contributed by atoms with E-state index < -0.39 is 0 Å². The largest absolute Gasteiger partial charge is 0.376 e. The van der Waals surface area contributed by atoms with E-state index in [4.69, 9.17) is 4.74 Å². The lowest BCUT2D eigenvalue weighted by Crippen LogP contribution is -2.39. The summed E-state index contributed by atoms with van der Waals surface area (Å²) in [5.41, 5.74) is 2.14. The van der Waals surface area contributed by atoms with Gasteiger partial charge >= 0.3 is 6.03 Å². The number of nitrogens with one attached hydrogen (secondary N) is 1. The summed E-state index contributed by atoms with van der Waals surface area (Å²) in [6, 6.07) is 15.6. The molecule has 29 heavy (non-hydrogen) atoms. The van der Waals surface area contributed by atoms with Crippen LogP contribution in [0.25, 0.3) is 0 Å². The van der Waals surface area contributed by atoms with Crippen molar-refractivity contribution in [3.05, 3.63) is 78.2 Å². The second-order valence-electron chi connectivity index (χ2n) is 7.19. The van der Waals surface area contributed by atoms with E-state index in [1.807, 2.05) is 47.3 Å². The predicted molar refractivity (Wildman–Crippen MR) is 110 cm³/mol. The molecule has 1 fully saturated rings. The topological polar surface area (TPSA) is 72.3 Å². The number of carbonyl (C=O) groups excluding carboxylic acids is 1. The van der Waals surface area contributed by atoms with E-state index in [0.29, 0.717) is 25.5 Å². The summed E-state index contributed by atoms with van der Waals surface area (Å²) in [7, 11) is 0. The molecule has 0 aliphatic carbocycles. The van der Waals surface area contributed by atoms with Crippen LogP contribution in [0.3, 0.4) is 0 Å². The molecule has 0 bridgehead atoms. The first-order valence-corrected chi connectivity index (χ1v) is 9.90. The Balaban J connectivity index is 1.41. The van der Waals surface area contributed by atoms with Gasteiger partial charge in [0.05, 0.1) is 12.6 Å². The van der Waals surface area contributed by atoms with Crippen molar-refractivity contribution in [1.29, 1.82) is 0 Å². The minimum Gasteiger partial charge on any atom is -0.376 e. The summed E-state index contributed by atoms with van der Waals surface area (Å²) in [6.45, 7) is 2.44. The smallest absolute Gasteiger partial charge is 0.323 e. The van der Waals surface area contributed by atoms with Gasteiger partial charge in [-0.2, -0.15) is 5.10 Å². The van der Waals surface area contributed by atoms with Gasteiger partial charge in [0.2, 0.25) is 0 Å². The summed E-state index contributed by atoms with van der Waals surface area (Å²) in [6.07, 6.45) is 7.47. The Morgan fingerprint density at radius 3 is 2.79 bits per heavy atom. The number of pyridine rings is 1. The average Bonchev–Trinajstić information content (AvgIpc) is 3.41. The fraction of sp³-hybridized carbons (Fsp3) is 0.318. The van der Waals surface area contributed by atoms with Crippen molar-refractivity contribution in [2.24, 2.45) is 0 Å². The molecule has 0 saturated carbocycles. The van der Waals surface area contributed by atoms with Gasteiger partial charge < -0.3 is 9.64 Å². The predicted octanol–water partition coefficient (Wildman–Crippen LogP) is 3.54. The van der Waals surface area contributed by atoms with Crippen LogP contribution in [-0.4, -0.2) is 45.0 Å². The van der Waals surface area contributed by atoms with Crippen LogP contribution in [0.1, 0.15) is 24.0 Å². The monoisotopic (exact) mass is 391 g/mol. The molecule has 150 valence electrons. The van der Waals surface area contributed by atoms with E-state index in [1.54, 1.807) is 17.3 Å². The molecule has 1 N–H and O–H groups in total. The molecule has 1 aliphatic rings. The van der Waals surface area contributed by atoms with Gasteiger partial charge in [0.25, 0.3) is 0 Å². The quantitative estimate of drug-likeness (QED) is 0.669. The third kappa shape index (κ3) is 5.42. The Morgan fingerprint density at radius 2 is 2.03 bits per heavy atom. The van der Waals surface area contributed by atoms with Crippen LogP contribution >= 0.6 is 0 Å². The molecule has 2 amide bonds. The van der Waals surface area contributed by atoms with Crippen molar-refractivity contribution in [3.63, 3.8) is 0 Å². The lowest BCUT2D eigenvalue weighted by molar-refractivity contribution is 0.0819. The van der Waals surface area contributed by atoms with Crippen molar-refractivity contribution >= 4 is 11.8 Å². The third-order valence-electron chi connectivity index (χ3n) is 4.89. The van der Waals surface area contributed by atoms with Crippen molar-refractivity contribution in [1.82, 2.24) is 19.7 Å². The zero-order valence-corrected chi connectivity index (χ0v) is 16.3. The third-order valence-corrected chi connectivity index (χ3v) is 4.89. The van der Waals surface area contributed by atoms with Gasteiger partial charge in [-0.15, -0.1) is 0 Å². The van der Waals surface area contributed by atoms with Crippen molar-refractivity contribution < 1.29 is 9.53 Å². The second kappa shape index (κ2) is 9.34. The summed E-state index contributed by atoms with van der Waals surface area (Å²) in [5.74, 6) is 0.537. The van der Waals surface area contributed by atoms with E-state index in [2.05, 4.69) is 27.5 Å². The normalized spacial score (nSPS) is 15.9. The number of hydrogen-bond donors (Lipinski definition) is 1. The number of nitrogens with zero attached hydrogens (tertiary/aromatic N) is 4. The van der Waals surface area contributed by atoms with E-state index in [9.17, 15) is 4.79 Å². The number of benzene rings is 1. The Kier molecular flexibility index (Phi) is 6.16. The Bertz CT molecular complexity index is 907. The number of anilines is 1. The molecule has 3 aromatic rings. The van der Waals surface area contributed by atoms with Crippen LogP contribution in [0, 0.1) is 0 Å². The molecule has 0 unspecified atom stereocenters. The first kappa shape index (κ1) is 19.1. The number of carbonyl (C=O) groups is 1. The van der Waals surface area contributed by atoms with E-state index >= 15 is 0 Å². The SMILES string of the molecule is O=C(Nc1ccn(Cc2ccccc2)n1)N(Cc1cccnc1)C[C@H]1CCCO1. The van der Waals surface area contributed by atoms with Gasteiger partial charge in [-0.25, -0.2) is 4.79 Å². The highest BCUT2D eigenvalue weighted by Crippen LogP contribution is 2.16. The summed E-state index contributed by atoms with van der Waals surface area (Å²) < 4.78 is 7.55. The maximum Gasteiger partial charge on any atom is 0.323 e. The molecule has 7 nitrogen and oxygen atoms in total. The average molecular weight is 391 g/mol. The van der Waals surface area contributed by atoms with Gasteiger partial charge in [-0.05, 0) is 30.0 Å². The molecular weight excluding hydrogens is 366 g/mol. The molecule has 1 saturated heterocycles.